The zero-order valence-electron chi connectivity index (χ0n) is 15.4. The van der Waals surface area contributed by atoms with Crippen molar-refractivity contribution in [1.29, 1.82) is 0 Å². The molecule has 0 radical (unpaired) electrons. The van der Waals surface area contributed by atoms with Crippen LogP contribution < -0.4 is 5.32 Å². The number of hydrogen-bond donors (Lipinski definition) is 1. The zero-order valence-corrected chi connectivity index (χ0v) is 15.4. The summed E-state index contributed by atoms with van der Waals surface area (Å²) in [7, 11) is 1.54. The Morgan fingerprint density at radius 2 is 1.63 bits per heavy atom. The molecule has 0 atom stereocenters. The van der Waals surface area contributed by atoms with Crippen molar-refractivity contribution in [3.05, 3.63) is 71.0 Å². The van der Waals surface area contributed by atoms with Crippen molar-refractivity contribution >= 4 is 6.03 Å². The van der Waals surface area contributed by atoms with Gasteiger partial charge in [0.1, 0.15) is 5.82 Å². The maximum Gasteiger partial charge on any atom is 0.416 e. The summed E-state index contributed by atoms with van der Waals surface area (Å²) in [6, 6.07) is 10.7. The number of nitrogens with one attached hydrogen (secondary N) is 1. The quantitative estimate of drug-likeness (QED) is 0.728. The number of alkyl halides is 3. The first-order chi connectivity index (χ1) is 12.5. The molecule has 0 heterocycles. The smallest absolute Gasteiger partial charge is 0.337 e. The van der Waals surface area contributed by atoms with E-state index in [-0.39, 0.29) is 24.9 Å². The van der Waals surface area contributed by atoms with Crippen LogP contribution in [0, 0.1) is 5.82 Å². The predicted octanol–water partition coefficient (Wildman–Crippen LogP) is 4.96. The Balaban J connectivity index is 1.95. The lowest BCUT2D eigenvalue weighted by Crippen LogP contribution is -2.43. The number of nitrogens with zero attached hydrogens (tertiary/aromatic N) is 1. The lowest BCUT2D eigenvalue weighted by Gasteiger charge is -2.27. The van der Waals surface area contributed by atoms with E-state index in [9.17, 15) is 22.4 Å². The third-order valence-corrected chi connectivity index (χ3v) is 4.33. The van der Waals surface area contributed by atoms with Gasteiger partial charge in [-0.15, -0.1) is 0 Å². The van der Waals surface area contributed by atoms with Crippen molar-refractivity contribution in [2.45, 2.75) is 32.0 Å². The molecule has 0 aromatic heterocycles. The van der Waals surface area contributed by atoms with Gasteiger partial charge in [0, 0.05) is 25.6 Å². The SMILES string of the molecule is CN(Cc1ccc(C(F)(F)F)cc1)C(=O)NCC(C)(C)c1ccccc1F. The highest BCUT2D eigenvalue weighted by molar-refractivity contribution is 5.74. The van der Waals surface area contributed by atoms with Gasteiger partial charge in [-0.05, 0) is 29.3 Å². The Hall–Kier alpha value is -2.57. The fraction of sp³-hybridized carbons (Fsp3) is 0.350. The number of benzene rings is 2. The molecule has 2 rings (SSSR count). The summed E-state index contributed by atoms with van der Waals surface area (Å²) in [5, 5.41) is 2.74. The van der Waals surface area contributed by atoms with Gasteiger partial charge in [-0.25, -0.2) is 9.18 Å². The van der Waals surface area contributed by atoms with Crippen LogP contribution in [0.5, 0.6) is 0 Å². The average Bonchev–Trinajstić information content (AvgIpc) is 2.59. The van der Waals surface area contributed by atoms with Crippen LogP contribution in [0.15, 0.2) is 48.5 Å². The van der Waals surface area contributed by atoms with Gasteiger partial charge >= 0.3 is 12.2 Å². The number of halogens is 4. The highest BCUT2D eigenvalue weighted by Crippen LogP contribution is 2.29. The molecule has 0 spiro atoms. The molecule has 0 unspecified atom stereocenters. The van der Waals surface area contributed by atoms with Crippen LogP contribution in [-0.4, -0.2) is 24.5 Å². The summed E-state index contributed by atoms with van der Waals surface area (Å²) in [5.41, 5.74) is -0.273. The van der Waals surface area contributed by atoms with Crippen LogP contribution in [0.2, 0.25) is 0 Å². The minimum atomic E-state index is -4.39. The predicted molar refractivity (Wildman–Crippen MR) is 95.7 cm³/mol. The van der Waals surface area contributed by atoms with Crippen LogP contribution in [0.3, 0.4) is 0 Å². The van der Waals surface area contributed by atoms with Gasteiger partial charge in [0.05, 0.1) is 5.56 Å². The second kappa shape index (κ2) is 7.98. The molecule has 0 bridgehead atoms. The maximum absolute atomic E-state index is 14.0. The highest BCUT2D eigenvalue weighted by atomic mass is 19.4. The van der Waals surface area contributed by atoms with E-state index >= 15 is 0 Å². The Labute approximate surface area is 156 Å². The second-order valence-electron chi connectivity index (χ2n) is 7.07. The van der Waals surface area contributed by atoms with Crippen molar-refractivity contribution in [3.8, 4) is 0 Å². The fourth-order valence-corrected chi connectivity index (χ4v) is 2.68. The Morgan fingerprint density at radius 1 is 1.04 bits per heavy atom. The van der Waals surface area contributed by atoms with E-state index in [1.54, 1.807) is 25.2 Å². The number of carbonyl (C=O) groups is 1. The van der Waals surface area contributed by atoms with E-state index in [1.807, 2.05) is 13.8 Å². The van der Waals surface area contributed by atoms with Crippen LogP contribution in [-0.2, 0) is 18.1 Å². The van der Waals surface area contributed by atoms with Gasteiger partial charge in [-0.2, -0.15) is 13.2 Å². The number of amides is 2. The number of hydrogen-bond acceptors (Lipinski definition) is 1. The molecule has 1 N–H and O–H groups in total. The average molecular weight is 382 g/mol. The molecule has 2 aromatic rings. The van der Waals surface area contributed by atoms with Crippen LogP contribution >= 0.6 is 0 Å². The highest BCUT2D eigenvalue weighted by Gasteiger charge is 2.30. The molecule has 27 heavy (non-hydrogen) atoms. The van der Waals surface area contributed by atoms with E-state index in [1.165, 1.54) is 23.1 Å². The van der Waals surface area contributed by atoms with E-state index in [0.717, 1.165) is 12.1 Å². The largest absolute Gasteiger partial charge is 0.416 e. The molecule has 0 saturated carbocycles. The van der Waals surface area contributed by atoms with Gasteiger partial charge in [0.2, 0.25) is 0 Å². The van der Waals surface area contributed by atoms with E-state index < -0.39 is 17.2 Å². The number of carbonyl (C=O) groups excluding carboxylic acids is 1. The monoisotopic (exact) mass is 382 g/mol. The van der Waals surface area contributed by atoms with Crippen LogP contribution in [0.25, 0.3) is 0 Å². The standard InChI is InChI=1S/C20H22F4N2O/c1-19(2,16-6-4-5-7-17(16)21)13-25-18(27)26(3)12-14-8-10-15(11-9-14)20(22,23)24/h4-11H,12-13H2,1-3H3,(H,25,27). The summed E-state index contributed by atoms with van der Waals surface area (Å²) in [6.45, 7) is 4.01. The van der Waals surface area contributed by atoms with Gasteiger partial charge in [-0.1, -0.05) is 44.2 Å². The van der Waals surface area contributed by atoms with Crippen molar-refractivity contribution in [3.63, 3.8) is 0 Å². The first kappa shape index (κ1) is 20.7. The summed E-state index contributed by atoms with van der Waals surface area (Å²) in [6.07, 6.45) is -4.39. The third-order valence-electron chi connectivity index (χ3n) is 4.33. The Kier molecular flexibility index (Phi) is 6.13. The van der Waals surface area contributed by atoms with Crippen LogP contribution in [0.4, 0.5) is 22.4 Å². The van der Waals surface area contributed by atoms with E-state index in [2.05, 4.69) is 5.32 Å². The molecule has 0 aliphatic heterocycles. The van der Waals surface area contributed by atoms with Crippen molar-refractivity contribution in [2.24, 2.45) is 0 Å². The normalized spacial score (nSPS) is 12.0. The molecular formula is C20H22F4N2O. The first-order valence-electron chi connectivity index (χ1n) is 8.41. The summed E-state index contributed by atoms with van der Waals surface area (Å²) in [4.78, 5) is 13.6. The van der Waals surface area contributed by atoms with Crippen molar-refractivity contribution in [1.82, 2.24) is 10.2 Å². The summed E-state index contributed by atoms with van der Waals surface area (Å²) >= 11 is 0. The number of rotatable bonds is 5. The topological polar surface area (TPSA) is 32.3 Å². The molecule has 2 aromatic carbocycles. The molecule has 0 aliphatic rings. The molecule has 7 heteroatoms. The molecule has 0 fully saturated rings. The second-order valence-corrected chi connectivity index (χ2v) is 7.07. The summed E-state index contributed by atoms with van der Waals surface area (Å²) in [5.74, 6) is -0.338. The number of urea groups is 1. The third kappa shape index (κ3) is 5.45. The Morgan fingerprint density at radius 3 is 2.19 bits per heavy atom. The van der Waals surface area contributed by atoms with Crippen molar-refractivity contribution < 1.29 is 22.4 Å². The fourth-order valence-electron chi connectivity index (χ4n) is 2.68. The molecule has 2 amide bonds. The molecule has 3 nitrogen and oxygen atoms in total. The van der Waals surface area contributed by atoms with Gasteiger partial charge < -0.3 is 10.2 Å². The van der Waals surface area contributed by atoms with Gasteiger partial charge in [0.25, 0.3) is 0 Å². The zero-order chi connectivity index (χ0) is 20.2. The minimum absolute atomic E-state index is 0.157. The van der Waals surface area contributed by atoms with Crippen LogP contribution in [0.1, 0.15) is 30.5 Å². The first-order valence-corrected chi connectivity index (χ1v) is 8.41. The lowest BCUT2D eigenvalue weighted by molar-refractivity contribution is -0.137. The minimum Gasteiger partial charge on any atom is -0.337 e. The van der Waals surface area contributed by atoms with Gasteiger partial charge in [-0.3, -0.25) is 0 Å². The maximum atomic E-state index is 14.0. The van der Waals surface area contributed by atoms with Crippen molar-refractivity contribution in [2.75, 3.05) is 13.6 Å². The van der Waals surface area contributed by atoms with Gasteiger partial charge in [0.15, 0.2) is 0 Å². The molecule has 0 saturated heterocycles. The Bertz CT molecular complexity index is 785. The molecular weight excluding hydrogens is 360 g/mol. The lowest BCUT2D eigenvalue weighted by atomic mass is 9.84. The van der Waals surface area contributed by atoms with E-state index in [0.29, 0.717) is 11.1 Å². The summed E-state index contributed by atoms with van der Waals surface area (Å²) < 4.78 is 51.7. The van der Waals surface area contributed by atoms with E-state index in [4.69, 9.17) is 0 Å². The molecule has 146 valence electrons. The molecule has 0 aliphatic carbocycles.